The first-order chi connectivity index (χ1) is 8.56. The minimum Gasteiger partial charge on any atom is -0.490 e. The fourth-order valence-corrected chi connectivity index (χ4v) is 1.25. The van der Waals surface area contributed by atoms with Crippen LogP contribution in [0.25, 0.3) is 0 Å². The summed E-state index contributed by atoms with van der Waals surface area (Å²) in [5.41, 5.74) is 0. The molecule has 0 bridgehead atoms. The second kappa shape index (κ2) is 6.88. The Morgan fingerprint density at radius 1 is 1.22 bits per heavy atom. The molecular weight excluding hydrogens is 249 g/mol. The highest BCUT2D eigenvalue weighted by atomic mass is 19.2. The van der Waals surface area contributed by atoms with Gasteiger partial charge >= 0.3 is 5.97 Å². The van der Waals surface area contributed by atoms with Crippen molar-refractivity contribution in [3.8, 4) is 5.75 Å². The Hall–Kier alpha value is -1.72. The topological polar surface area (TPSA) is 35.5 Å². The van der Waals surface area contributed by atoms with Crippen molar-refractivity contribution in [3.63, 3.8) is 0 Å². The lowest BCUT2D eigenvalue weighted by molar-refractivity contribution is -0.143. The molecule has 0 N–H and O–H groups in total. The number of carbonyl (C=O) groups excluding carboxylic acids is 1. The highest BCUT2D eigenvalue weighted by Gasteiger charge is 2.14. The van der Waals surface area contributed by atoms with Crippen molar-refractivity contribution in [1.82, 2.24) is 0 Å². The van der Waals surface area contributed by atoms with E-state index in [0.717, 1.165) is 12.1 Å². The van der Waals surface area contributed by atoms with E-state index in [9.17, 15) is 18.0 Å². The maximum Gasteiger partial charge on any atom is 0.305 e. The molecule has 0 atom stereocenters. The number of esters is 1. The van der Waals surface area contributed by atoms with E-state index in [1.807, 2.05) is 0 Å². The van der Waals surface area contributed by atoms with Gasteiger partial charge in [0.2, 0.25) is 5.82 Å². The van der Waals surface area contributed by atoms with E-state index in [1.165, 1.54) is 0 Å². The maximum absolute atomic E-state index is 13.1. The zero-order chi connectivity index (χ0) is 13.5. The Bertz CT molecular complexity index is 421. The zero-order valence-corrected chi connectivity index (χ0v) is 9.84. The van der Waals surface area contributed by atoms with Crippen LogP contribution in [0.1, 0.15) is 19.8 Å². The summed E-state index contributed by atoms with van der Waals surface area (Å²) < 4.78 is 48.2. The fourth-order valence-electron chi connectivity index (χ4n) is 1.25. The Balaban J connectivity index is 2.40. The van der Waals surface area contributed by atoms with E-state index in [4.69, 9.17) is 4.74 Å². The Kier molecular flexibility index (Phi) is 5.48. The number of benzene rings is 1. The van der Waals surface area contributed by atoms with Crippen LogP contribution in [0.15, 0.2) is 12.1 Å². The third-order valence-corrected chi connectivity index (χ3v) is 2.09. The van der Waals surface area contributed by atoms with Gasteiger partial charge in [0.15, 0.2) is 17.4 Å². The molecule has 100 valence electrons. The van der Waals surface area contributed by atoms with E-state index in [0.29, 0.717) is 6.42 Å². The zero-order valence-electron chi connectivity index (χ0n) is 9.84. The van der Waals surface area contributed by atoms with E-state index < -0.39 is 17.5 Å². The molecule has 0 aliphatic rings. The van der Waals surface area contributed by atoms with Crippen LogP contribution in [-0.4, -0.2) is 19.2 Å². The van der Waals surface area contributed by atoms with Crippen molar-refractivity contribution < 1.29 is 27.4 Å². The third kappa shape index (κ3) is 3.94. The largest absolute Gasteiger partial charge is 0.490 e. The van der Waals surface area contributed by atoms with Gasteiger partial charge in [-0.2, -0.15) is 4.39 Å². The van der Waals surface area contributed by atoms with Gasteiger partial charge in [-0.25, -0.2) is 8.78 Å². The molecule has 1 aromatic rings. The number of rotatable bonds is 6. The lowest BCUT2D eigenvalue weighted by Crippen LogP contribution is -2.07. The molecule has 1 rings (SSSR count). The van der Waals surface area contributed by atoms with E-state index >= 15 is 0 Å². The third-order valence-electron chi connectivity index (χ3n) is 2.09. The monoisotopic (exact) mass is 262 g/mol. The summed E-state index contributed by atoms with van der Waals surface area (Å²) in [7, 11) is 0. The van der Waals surface area contributed by atoms with Crippen LogP contribution in [0.2, 0.25) is 0 Å². The lowest BCUT2D eigenvalue weighted by atomic mass is 10.3. The Labute approximate surface area is 103 Å². The van der Waals surface area contributed by atoms with Crippen molar-refractivity contribution in [2.75, 3.05) is 13.2 Å². The van der Waals surface area contributed by atoms with Crippen molar-refractivity contribution in [1.29, 1.82) is 0 Å². The van der Waals surface area contributed by atoms with Gasteiger partial charge in [0, 0.05) is 6.42 Å². The molecule has 1 aromatic carbocycles. The molecule has 0 spiro atoms. The van der Waals surface area contributed by atoms with Gasteiger partial charge in [-0.1, -0.05) is 0 Å². The highest BCUT2D eigenvalue weighted by Crippen LogP contribution is 2.21. The molecule has 18 heavy (non-hydrogen) atoms. The minimum atomic E-state index is -1.57. The number of hydrogen-bond donors (Lipinski definition) is 0. The van der Waals surface area contributed by atoms with Crippen molar-refractivity contribution >= 4 is 5.97 Å². The van der Waals surface area contributed by atoms with Crippen LogP contribution in [0.4, 0.5) is 13.2 Å². The Morgan fingerprint density at radius 3 is 2.61 bits per heavy atom. The molecule has 6 heteroatoms. The number of halogens is 3. The van der Waals surface area contributed by atoms with Gasteiger partial charge in [-0.15, -0.1) is 0 Å². The summed E-state index contributed by atoms with van der Waals surface area (Å²) in [4.78, 5) is 11.0. The average molecular weight is 262 g/mol. The standard InChI is InChI=1S/C12H13F3O3/c1-2-17-10(16)4-3-7-18-9-6-5-8(13)11(14)12(9)15/h5-6H,2-4,7H2,1H3. The van der Waals surface area contributed by atoms with Crippen LogP contribution in [0.3, 0.4) is 0 Å². The second-order valence-corrected chi connectivity index (χ2v) is 3.43. The molecule has 0 fully saturated rings. The fraction of sp³-hybridized carbons (Fsp3) is 0.417. The van der Waals surface area contributed by atoms with Gasteiger partial charge < -0.3 is 9.47 Å². The second-order valence-electron chi connectivity index (χ2n) is 3.43. The van der Waals surface area contributed by atoms with Crippen LogP contribution >= 0.6 is 0 Å². The molecule has 0 saturated carbocycles. The van der Waals surface area contributed by atoms with Gasteiger partial charge in [0.25, 0.3) is 0 Å². The molecule has 0 unspecified atom stereocenters. The molecule has 3 nitrogen and oxygen atoms in total. The van der Waals surface area contributed by atoms with E-state index in [1.54, 1.807) is 6.92 Å². The normalized spacial score (nSPS) is 10.2. The summed E-state index contributed by atoms with van der Waals surface area (Å²) in [5, 5.41) is 0. The first-order valence-electron chi connectivity index (χ1n) is 5.48. The summed E-state index contributed by atoms with van der Waals surface area (Å²) in [5.74, 6) is -4.97. The average Bonchev–Trinajstić information content (AvgIpc) is 2.34. The summed E-state index contributed by atoms with van der Waals surface area (Å²) in [6.07, 6.45) is 0.427. The smallest absolute Gasteiger partial charge is 0.305 e. The maximum atomic E-state index is 13.1. The molecule has 0 saturated heterocycles. The van der Waals surface area contributed by atoms with Gasteiger partial charge in [-0.05, 0) is 25.5 Å². The molecule has 0 aliphatic heterocycles. The Morgan fingerprint density at radius 2 is 1.94 bits per heavy atom. The van der Waals surface area contributed by atoms with Crippen molar-refractivity contribution in [2.45, 2.75) is 19.8 Å². The van der Waals surface area contributed by atoms with Crippen LogP contribution in [-0.2, 0) is 9.53 Å². The molecule has 0 radical (unpaired) electrons. The van der Waals surface area contributed by atoms with E-state index in [-0.39, 0.29) is 31.4 Å². The predicted octanol–water partition coefficient (Wildman–Crippen LogP) is 2.83. The van der Waals surface area contributed by atoms with Crippen LogP contribution in [0.5, 0.6) is 5.75 Å². The number of carbonyl (C=O) groups is 1. The summed E-state index contributed by atoms with van der Waals surface area (Å²) in [6, 6.07) is 1.78. The van der Waals surface area contributed by atoms with Crippen molar-refractivity contribution in [2.24, 2.45) is 0 Å². The van der Waals surface area contributed by atoms with Crippen molar-refractivity contribution in [3.05, 3.63) is 29.6 Å². The number of hydrogen-bond acceptors (Lipinski definition) is 3. The highest BCUT2D eigenvalue weighted by molar-refractivity contribution is 5.69. The predicted molar refractivity (Wildman–Crippen MR) is 57.7 cm³/mol. The summed E-state index contributed by atoms with van der Waals surface area (Å²) in [6.45, 7) is 1.99. The van der Waals surface area contributed by atoms with E-state index in [2.05, 4.69) is 4.74 Å². The molecule has 0 heterocycles. The van der Waals surface area contributed by atoms with Gasteiger partial charge in [-0.3, -0.25) is 4.79 Å². The lowest BCUT2D eigenvalue weighted by Gasteiger charge is -2.07. The SMILES string of the molecule is CCOC(=O)CCCOc1ccc(F)c(F)c1F. The van der Waals surface area contributed by atoms with Gasteiger partial charge in [0.1, 0.15) is 0 Å². The number of ether oxygens (including phenoxy) is 2. The first kappa shape index (κ1) is 14.3. The van der Waals surface area contributed by atoms with Gasteiger partial charge in [0.05, 0.1) is 13.2 Å². The van der Waals surface area contributed by atoms with Crippen LogP contribution < -0.4 is 4.74 Å². The summed E-state index contributed by atoms with van der Waals surface area (Å²) >= 11 is 0. The molecule has 0 amide bonds. The molecular formula is C12H13F3O3. The van der Waals surface area contributed by atoms with Crippen LogP contribution in [0, 0.1) is 17.5 Å². The minimum absolute atomic E-state index is 0.0147. The first-order valence-corrected chi connectivity index (χ1v) is 5.48. The molecule has 0 aliphatic carbocycles. The quantitative estimate of drug-likeness (QED) is 0.449. The molecule has 0 aromatic heterocycles.